The standard InChI is InChI=1S/C13H20N2O6/c1-20-10(16)6-9-7-15(4-5-21-9)13(19)14-11(12(17)18)8-2-3-8/h8-9,11H,2-7H2,1H3,(H,14,19)(H,17,18). The number of nitrogens with zero attached hydrogens (tertiary/aromatic N) is 1. The van der Waals surface area contributed by atoms with Crippen molar-refractivity contribution < 1.29 is 29.0 Å². The summed E-state index contributed by atoms with van der Waals surface area (Å²) >= 11 is 0. The van der Waals surface area contributed by atoms with Crippen molar-refractivity contribution in [2.45, 2.75) is 31.4 Å². The van der Waals surface area contributed by atoms with Crippen LogP contribution in [0.2, 0.25) is 0 Å². The number of aliphatic carboxylic acids is 1. The van der Waals surface area contributed by atoms with Gasteiger partial charge in [-0.1, -0.05) is 0 Å². The Kier molecular flexibility index (Phi) is 5.00. The summed E-state index contributed by atoms with van der Waals surface area (Å²) in [6.07, 6.45) is 1.31. The summed E-state index contributed by atoms with van der Waals surface area (Å²) in [5.41, 5.74) is 0. The minimum absolute atomic E-state index is 0.0263. The maximum Gasteiger partial charge on any atom is 0.326 e. The summed E-state index contributed by atoms with van der Waals surface area (Å²) in [4.78, 5) is 36.0. The lowest BCUT2D eigenvalue weighted by Gasteiger charge is -2.33. The largest absolute Gasteiger partial charge is 0.480 e. The number of hydrogen-bond donors (Lipinski definition) is 2. The van der Waals surface area contributed by atoms with Gasteiger partial charge in [-0.2, -0.15) is 0 Å². The Morgan fingerprint density at radius 3 is 2.71 bits per heavy atom. The SMILES string of the molecule is COC(=O)CC1CN(C(=O)NC(C(=O)O)C2CC2)CCO1. The van der Waals surface area contributed by atoms with Gasteiger partial charge in [-0.05, 0) is 18.8 Å². The molecule has 1 aliphatic carbocycles. The summed E-state index contributed by atoms with van der Waals surface area (Å²) in [5.74, 6) is -1.38. The molecule has 0 bridgehead atoms. The second-order valence-corrected chi connectivity index (χ2v) is 5.32. The maximum atomic E-state index is 12.1. The smallest absolute Gasteiger partial charge is 0.326 e. The van der Waals surface area contributed by atoms with Gasteiger partial charge in [-0.25, -0.2) is 9.59 Å². The van der Waals surface area contributed by atoms with Crippen LogP contribution in [0.5, 0.6) is 0 Å². The topological polar surface area (TPSA) is 105 Å². The molecule has 0 aromatic rings. The monoisotopic (exact) mass is 300 g/mol. The molecular weight excluding hydrogens is 280 g/mol. The highest BCUT2D eigenvalue weighted by molar-refractivity contribution is 5.83. The first-order chi connectivity index (χ1) is 10.0. The number of methoxy groups -OCH3 is 1. The van der Waals surface area contributed by atoms with Crippen molar-refractivity contribution in [1.29, 1.82) is 0 Å². The van der Waals surface area contributed by atoms with Crippen molar-refractivity contribution in [2.24, 2.45) is 5.92 Å². The molecule has 0 spiro atoms. The van der Waals surface area contributed by atoms with Gasteiger partial charge < -0.3 is 24.8 Å². The Morgan fingerprint density at radius 1 is 1.43 bits per heavy atom. The summed E-state index contributed by atoms with van der Waals surface area (Å²) < 4.78 is 9.97. The third kappa shape index (κ3) is 4.32. The van der Waals surface area contributed by atoms with Gasteiger partial charge >= 0.3 is 18.0 Å². The van der Waals surface area contributed by atoms with Crippen LogP contribution < -0.4 is 5.32 Å². The average molecular weight is 300 g/mol. The van der Waals surface area contributed by atoms with E-state index in [2.05, 4.69) is 10.1 Å². The van der Waals surface area contributed by atoms with Crippen molar-refractivity contribution in [3.05, 3.63) is 0 Å². The zero-order valence-corrected chi connectivity index (χ0v) is 11.9. The molecule has 1 saturated heterocycles. The van der Waals surface area contributed by atoms with Crippen molar-refractivity contribution in [3.8, 4) is 0 Å². The molecule has 2 amide bonds. The van der Waals surface area contributed by atoms with Crippen molar-refractivity contribution >= 4 is 18.0 Å². The first-order valence-corrected chi connectivity index (χ1v) is 6.98. The molecule has 0 aromatic heterocycles. The third-order valence-electron chi connectivity index (χ3n) is 3.69. The first-order valence-electron chi connectivity index (χ1n) is 6.98. The number of carboxylic acid groups (broad SMARTS) is 1. The van der Waals surface area contributed by atoms with E-state index in [0.29, 0.717) is 13.2 Å². The number of carbonyl (C=O) groups excluding carboxylic acids is 2. The molecule has 2 rings (SSSR count). The van der Waals surface area contributed by atoms with Gasteiger partial charge in [0.25, 0.3) is 0 Å². The quantitative estimate of drug-likeness (QED) is 0.683. The highest BCUT2D eigenvalue weighted by atomic mass is 16.5. The number of esters is 1. The maximum absolute atomic E-state index is 12.1. The molecule has 0 radical (unpaired) electrons. The molecule has 2 fully saturated rings. The van der Waals surface area contributed by atoms with E-state index in [1.165, 1.54) is 12.0 Å². The van der Waals surface area contributed by atoms with E-state index >= 15 is 0 Å². The average Bonchev–Trinajstić information content (AvgIpc) is 3.28. The number of morpholine rings is 1. The second kappa shape index (κ2) is 6.75. The molecule has 2 atom stereocenters. The Morgan fingerprint density at radius 2 is 2.14 bits per heavy atom. The molecule has 21 heavy (non-hydrogen) atoms. The van der Waals surface area contributed by atoms with E-state index in [1.54, 1.807) is 0 Å². The van der Waals surface area contributed by atoms with Crippen LogP contribution in [0.15, 0.2) is 0 Å². The summed E-state index contributed by atoms with van der Waals surface area (Å²) in [6, 6.07) is -1.26. The molecule has 118 valence electrons. The predicted molar refractivity (Wildman–Crippen MR) is 70.6 cm³/mol. The van der Waals surface area contributed by atoms with Crippen LogP contribution in [-0.2, 0) is 19.1 Å². The number of nitrogens with one attached hydrogen (secondary N) is 1. The van der Waals surface area contributed by atoms with Crippen LogP contribution in [0.25, 0.3) is 0 Å². The van der Waals surface area contributed by atoms with Gasteiger partial charge in [0.1, 0.15) is 6.04 Å². The van der Waals surface area contributed by atoms with E-state index in [-0.39, 0.29) is 18.9 Å². The van der Waals surface area contributed by atoms with Crippen LogP contribution in [0.4, 0.5) is 4.79 Å². The lowest BCUT2D eigenvalue weighted by Crippen LogP contribution is -2.54. The van der Waals surface area contributed by atoms with Crippen molar-refractivity contribution in [1.82, 2.24) is 10.2 Å². The highest BCUT2D eigenvalue weighted by Crippen LogP contribution is 2.32. The van der Waals surface area contributed by atoms with Crippen molar-refractivity contribution in [2.75, 3.05) is 26.8 Å². The molecule has 8 heteroatoms. The fourth-order valence-electron chi connectivity index (χ4n) is 2.33. The zero-order valence-electron chi connectivity index (χ0n) is 11.9. The molecule has 2 N–H and O–H groups in total. The fourth-order valence-corrected chi connectivity index (χ4v) is 2.33. The Hall–Kier alpha value is -1.83. The van der Waals surface area contributed by atoms with Gasteiger partial charge in [0.15, 0.2) is 0 Å². The summed E-state index contributed by atoms with van der Waals surface area (Å²) in [7, 11) is 1.29. The van der Waals surface area contributed by atoms with Crippen LogP contribution in [-0.4, -0.2) is 66.9 Å². The Balaban J connectivity index is 1.86. The summed E-state index contributed by atoms with van der Waals surface area (Å²) in [6.45, 7) is 0.939. The van der Waals surface area contributed by atoms with Gasteiger partial charge in [0, 0.05) is 13.1 Å². The van der Waals surface area contributed by atoms with E-state index < -0.39 is 30.1 Å². The van der Waals surface area contributed by atoms with Crippen molar-refractivity contribution in [3.63, 3.8) is 0 Å². The van der Waals surface area contributed by atoms with Gasteiger partial charge in [0.05, 0.1) is 26.2 Å². The Labute approximate surface area is 122 Å². The van der Waals surface area contributed by atoms with E-state index in [0.717, 1.165) is 12.8 Å². The highest BCUT2D eigenvalue weighted by Gasteiger charge is 2.38. The number of carbonyl (C=O) groups is 3. The molecule has 1 saturated carbocycles. The lowest BCUT2D eigenvalue weighted by molar-refractivity contribution is -0.145. The minimum Gasteiger partial charge on any atom is -0.480 e. The molecular formula is C13H20N2O6. The lowest BCUT2D eigenvalue weighted by atomic mass is 10.2. The number of ether oxygens (including phenoxy) is 2. The van der Waals surface area contributed by atoms with E-state index in [4.69, 9.17) is 9.84 Å². The normalized spacial score (nSPS) is 23.3. The zero-order chi connectivity index (χ0) is 15.4. The molecule has 1 aliphatic heterocycles. The number of rotatable bonds is 5. The second-order valence-electron chi connectivity index (χ2n) is 5.32. The van der Waals surface area contributed by atoms with Crippen LogP contribution >= 0.6 is 0 Å². The van der Waals surface area contributed by atoms with Crippen LogP contribution in [0, 0.1) is 5.92 Å². The number of amides is 2. The van der Waals surface area contributed by atoms with Gasteiger partial charge in [0.2, 0.25) is 0 Å². The summed E-state index contributed by atoms with van der Waals surface area (Å²) in [5, 5.41) is 11.7. The van der Waals surface area contributed by atoms with E-state index in [9.17, 15) is 14.4 Å². The molecule has 1 heterocycles. The first kappa shape index (κ1) is 15.6. The number of hydrogen-bond acceptors (Lipinski definition) is 5. The number of urea groups is 1. The number of carboxylic acids is 1. The molecule has 8 nitrogen and oxygen atoms in total. The van der Waals surface area contributed by atoms with Crippen LogP contribution in [0.1, 0.15) is 19.3 Å². The molecule has 2 aliphatic rings. The fraction of sp³-hybridized carbons (Fsp3) is 0.769. The third-order valence-corrected chi connectivity index (χ3v) is 3.69. The van der Waals surface area contributed by atoms with Crippen LogP contribution in [0.3, 0.4) is 0 Å². The Bertz CT molecular complexity index is 423. The predicted octanol–water partition coefficient (Wildman–Crippen LogP) is -0.177. The van der Waals surface area contributed by atoms with Gasteiger partial charge in [-0.15, -0.1) is 0 Å². The minimum atomic E-state index is -1.01. The molecule has 2 unspecified atom stereocenters. The van der Waals surface area contributed by atoms with Gasteiger partial charge in [-0.3, -0.25) is 4.79 Å². The molecule has 0 aromatic carbocycles. The van der Waals surface area contributed by atoms with E-state index in [1.807, 2.05) is 0 Å².